The van der Waals surface area contributed by atoms with Crippen LogP contribution in [0, 0.1) is 0 Å². The third-order valence-corrected chi connectivity index (χ3v) is 4.41. The lowest BCUT2D eigenvalue weighted by atomic mass is 10.1. The van der Waals surface area contributed by atoms with E-state index in [0.717, 1.165) is 25.1 Å². The van der Waals surface area contributed by atoms with Crippen LogP contribution in [0.4, 0.5) is 0 Å². The van der Waals surface area contributed by atoms with Crippen LogP contribution in [0.3, 0.4) is 0 Å². The summed E-state index contributed by atoms with van der Waals surface area (Å²) < 4.78 is 5.35. The zero-order chi connectivity index (χ0) is 14.7. The molecule has 1 unspecified atom stereocenters. The second kappa shape index (κ2) is 6.31. The van der Waals surface area contributed by atoms with Crippen LogP contribution in [0.2, 0.25) is 0 Å². The molecule has 110 valence electrons. The molecule has 3 rings (SSSR count). The summed E-state index contributed by atoms with van der Waals surface area (Å²) in [6, 6.07) is 15.8. The predicted octanol–water partition coefficient (Wildman–Crippen LogP) is 4.03. The normalized spacial score (nSPS) is 16.8. The van der Waals surface area contributed by atoms with Crippen molar-refractivity contribution in [2.75, 3.05) is 7.11 Å². The Labute approximate surface area is 127 Å². The second-order valence-electron chi connectivity index (χ2n) is 5.71. The van der Waals surface area contributed by atoms with Crippen molar-refractivity contribution in [3.05, 3.63) is 64.7 Å². The summed E-state index contributed by atoms with van der Waals surface area (Å²) in [6.45, 7) is 3.11. The third kappa shape index (κ3) is 3.11. The number of rotatable bonds is 5. The van der Waals surface area contributed by atoms with Crippen molar-refractivity contribution in [1.82, 2.24) is 5.32 Å². The molecule has 0 saturated carbocycles. The maximum atomic E-state index is 5.35. The predicted molar refractivity (Wildman–Crippen MR) is 86.7 cm³/mol. The van der Waals surface area contributed by atoms with Gasteiger partial charge in [-0.15, -0.1) is 0 Å². The molecule has 21 heavy (non-hydrogen) atoms. The summed E-state index contributed by atoms with van der Waals surface area (Å²) in [5.41, 5.74) is 5.60. The molecular formula is C19H23NO. The van der Waals surface area contributed by atoms with Crippen molar-refractivity contribution >= 4 is 0 Å². The van der Waals surface area contributed by atoms with E-state index in [9.17, 15) is 0 Å². The Morgan fingerprint density at radius 1 is 1.10 bits per heavy atom. The van der Waals surface area contributed by atoms with Gasteiger partial charge in [0.25, 0.3) is 0 Å². The lowest BCUT2D eigenvalue weighted by Gasteiger charge is -2.15. The lowest BCUT2D eigenvalue weighted by Crippen LogP contribution is -2.18. The fourth-order valence-electron chi connectivity index (χ4n) is 3.05. The van der Waals surface area contributed by atoms with Crippen LogP contribution in [-0.4, -0.2) is 7.11 Å². The van der Waals surface area contributed by atoms with Gasteiger partial charge in [-0.2, -0.15) is 0 Å². The molecule has 2 aromatic carbocycles. The molecule has 0 amide bonds. The minimum absolute atomic E-state index is 0.445. The van der Waals surface area contributed by atoms with Gasteiger partial charge in [0.15, 0.2) is 0 Å². The van der Waals surface area contributed by atoms with Crippen LogP contribution in [0.25, 0.3) is 0 Å². The van der Waals surface area contributed by atoms with Crippen LogP contribution in [0.15, 0.2) is 42.5 Å². The largest absolute Gasteiger partial charge is 0.497 e. The molecule has 0 heterocycles. The average molecular weight is 281 g/mol. The van der Waals surface area contributed by atoms with Gasteiger partial charge >= 0.3 is 0 Å². The molecule has 1 aliphatic carbocycles. The standard InChI is InChI=1S/C19H23NO/c1-3-14-4-6-15(7-5-14)13-20-19-11-9-16-8-10-17(21-2)12-18(16)19/h4-8,10,12,19-20H,3,9,11,13H2,1-2H3. The summed E-state index contributed by atoms with van der Waals surface area (Å²) in [5, 5.41) is 3.69. The molecule has 0 aromatic heterocycles. The van der Waals surface area contributed by atoms with E-state index in [4.69, 9.17) is 4.74 Å². The van der Waals surface area contributed by atoms with Gasteiger partial charge in [0, 0.05) is 12.6 Å². The summed E-state index contributed by atoms with van der Waals surface area (Å²) in [6.07, 6.45) is 3.44. The first-order valence-corrected chi connectivity index (χ1v) is 7.78. The molecule has 0 saturated heterocycles. The van der Waals surface area contributed by atoms with E-state index in [1.165, 1.54) is 28.7 Å². The number of methoxy groups -OCH3 is 1. The maximum Gasteiger partial charge on any atom is 0.119 e. The minimum atomic E-state index is 0.445. The zero-order valence-corrected chi connectivity index (χ0v) is 12.9. The topological polar surface area (TPSA) is 21.3 Å². The molecule has 0 fully saturated rings. The number of ether oxygens (including phenoxy) is 1. The van der Waals surface area contributed by atoms with E-state index >= 15 is 0 Å². The number of aryl methyl sites for hydroxylation is 2. The van der Waals surface area contributed by atoms with Gasteiger partial charge < -0.3 is 10.1 Å². The smallest absolute Gasteiger partial charge is 0.119 e. The molecule has 1 aliphatic rings. The van der Waals surface area contributed by atoms with Crippen molar-refractivity contribution < 1.29 is 4.74 Å². The van der Waals surface area contributed by atoms with Crippen LogP contribution < -0.4 is 10.1 Å². The number of hydrogen-bond acceptors (Lipinski definition) is 2. The van der Waals surface area contributed by atoms with Crippen LogP contribution in [-0.2, 0) is 19.4 Å². The molecule has 1 N–H and O–H groups in total. The van der Waals surface area contributed by atoms with Crippen molar-refractivity contribution in [3.8, 4) is 5.75 Å². The Morgan fingerprint density at radius 3 is 2.57 bits per heavy atom. The summed E-state index contributed by atoms with van der Waals surface area (Å²) in [5.74, 6) is 0.953. The van der Waals surface area contributed by atoms with Crippen LogP contribution >= 0.6 is 0 Å². The van der Waals surface area contributed by atoms with Gasteiger partial charge in [-0.25, -0.2) is 0 Å². The molecular weight excluding hydrogens is 258 g/mol. The monoisotopic (exact) mass is 281 g/mol. The molecule has 1 atom stereocenters. The summed E-state index contributed by atoms with van der Waals surface area (Å²) in [4.78, 5) is 0. The van der Waals surface area contributed by atoms with Gasteiger partial charge in [-0.1, -0.05) is 37.3 Å². The first-order chi connectivity index (χ1) is 10.3. The Kier molecular flexibility index (Phi) is 4.26. The molecule has 0 bridgehead atoms. The van der Waals surface area contributed by atoms with Gasteiger partial charge in [0.1, 0.15) is 5.75 Å². The highest BCUT2D eigenvalue weighted by atomic mass is 16.5. The van der Waals surface area contributed by atoms with E-state index in [2.05, 4.69) is 54.7 Å². The first kappa shape index (κ1) is 14.2. The Hall–Kier alpha value is -1.80. The maximum absolute atomic E-state index is 5.35. The van der Waals surface area contributed by atoms with E-state index < -0.39 is 0 Å². The average Bonchev–Trinajstić information content (AvgIpc) is 2.95. The first-order valence-electron chi connectivity index (χ1n) is 7.78. The van der Waals surface area contributed by atoms with Crippen molar-refractivity contribution in [1.29, 1.82) is 0 Å². The number of benzene rings is 2. The molecule has 2 aromatic rings. The molecule has 2 heteroatoms. The number of fused-ring (bicyclic) bond motifs is 1. The quantitative estimate of drug-likeness (QED) is 0.893. The Bertz CT molecular complexity index is 603. The van der Waals surface area contributed by atoms with Crippen molar-refractivity contribution in [3.63, 3.8) is 0 Å². The highest BCUT2D eigenvalue weighted by Gasteiger charge is 2.22. The molecule has 2 nitrogen and oxygen atoms in total. The van der Waals surface area contributed by atoms with Gasteiger partial charge in [0.2, 0.25) is 0 Å². The van der Waals surface area contributed by atoms with Gasteiger partial charge in [-0.05, 0) is 53.6 Å². The Morgan fingerprint density at radius 2 is 1.86 bits per heavy atom. The van der Waals surface area contributed by atoms with Gasteiger partial charge in [-0.3, -0.25) is 0 Å². The SMILES string of the molecule is CCc1ccc(CNC2CCc3ccc(OC)cc32)cc1. The fraction of sp³-hybridized carbons (Fsp3) is 0.368. The highest BCUT2D eigenvalue weighted by molar-refractivity contribution is 5.40. The number of nitrogens with one attached hydrogen (secondary N) is 1. The molecule has 0 radical (unpaired) electrons. The van der Waals surface area contributed by atoms with Crippen LogP contribution in [0.1, 0.15) is 41.6 Å². The highest BCUT2D eigenvalue weighted by Crippen LogP contribution is 2.33. The van der Waals surface area contributed by atoms with Gasteiger partial charge in [0.05, 0.1) is 7.11 Å². The van der Waals surface area contributed by atoms with Crippen molar-refractivity contribution in [2.24, 2.45) is 0 Å². The summed E-state index contributed by atoms with van der Waals surface area (Å²) >= 11 is 0. The summed E-state index contributed by atoms with van der Waals surface area (Å²) in [7, 11) is 1.73. The second-order valence-corrected chi connectivity index (χ2v) is 5.71. The third-order valence-electron chi connectivity index (χ3n) is 4.41. The van der Waals surface area contributed by atoms with E-state index in [0.29, 0.717) is 6.04 Å². The van der Waals surface area contributed by atoms with E-state index in [-0.39, 0.29) is 0 Å². The lowest BCUT2D eigenvalue weighted by molar-refractivity contribution is 0.413. The minimum Gasteiger partial charge on any atom is -0.497 e. The van der Waals surface area contributed by atoms with E-state index in [1.807, 2.05) is 0 Å². The molecule has 0 spiro atoms. The number of hydrogen-bond donors (Lipinski definition) is 1. The fourth-order valence-corrected chi connectivity index (χ4v) is 3.05. The Balaban J connectivity index is 1.67. The molecule has 0 aliphatic heterocycles. The van der Waals surface area contributed by atoms with E-state index in [1.54, 1.807) is 7.11 Å². The van der Waals surface area contributed by atoms with Crippen molar-refractivity contribution in [2.45, 2.75) is 38.8 Å². The zero-order valence-electron chi connectivity index (χ0n) is 12.9. The van der Waals surface area contributed by atoms with Crippen LogP contribution in [0.5, 0.6) is 5.75 Å².